The number of hydrogen-bond acceptors (Lipinski definition) is 6. The second-order valence-electron chi connectivity index (χ2n) is 8.32. The van der Waals surface area contributed by atoms with Crippen LogP contribution in [0.4, 0.5) is 8.78 Å². The first-order valence-electron chi connectivity index (χ1n) is 10.4. The highest BCUT2D eigenvalue weighted by molar-refractivity contribution is 5.66. The predicted octanol–water partition coefficient (Wildman–Crippen LogP) is 4.67. The summed E-state index contributed by atoms with van der Waals surface area (Å²) in [6.07, 6.45) is 7.79. The lowest BCUT2D eigenvalue weighted by molar-refractivity contribution is -0.157. The van der Waals surface area contributed by atoms with Crippen molar-refractivity contribution in [3.05, 3.63) is 54.4 Å². The number of aromatic nitrogens is 5. The molecule has 0 aliphatic heterocycles. The number of benzene rings is 1. The molecular formula is C23H25F2N5O2. The molecule has 0 spiro atoms. The van der Waals surface area contributed by atoms with Crippen LogP contribution in [0.5, 0.6) is 5.75 Å². The van der Waals surface area contributed by atoms with Crippen molar-refractivity contribution in [2.75, 3.05) is 7.11 Å². The summed E-state index contributed by atoms with van der Waals surface area (Å²) < 4.78 is 36.4. The Kier molecular flexibility index (Phi) is 5.77. The highest BCUT2D eigenvalue weighted by Gasteiger charge is 2.54. The summed E-state index contributed by atoms with van der Waals surface area (Å²) in [6, 6.07) is 5.11. The molecule has 0 saturated heterocycles. The van der Waals surface area contributed by atoms with E-state index in [9.17, 15) is 13.9 Å². The molecule has 32 heavy (non-hydrogen) atoms. The molecule has 3 aromatic rings. The third-order valence-corrected chi connectivity index (χ3v) is 6.33. The third-order valence-electron chi connectivity index (χ3n) is 6.33. The molecule has 168 valence electrons. The van der Waals surface area contributed by atoms with Gasteiger partial charge in [-0.1, -0.05) is 13.8 Å². The van der Waals surface area contributed by atoms with Crippen LogP contribution in [0.25, 0.3) is 23.2 Å². The fraction of sp³-hybridized carbons (Fsp3) is 0.391. The molecule has 0 unspecified atom stereocenters. The summed E-state index contributed by atoms with van der Waals surface area (Å²) in [6.45, 7) is 3.38. The Bertz CT molecular complexity index is 1120. The first kappa shape index (κ1) is 22.0. The van der Waals surface area contributed by atoms with Gasteiger partial charge < -0.3 is 14.4 Å². The summed E-state index contributed by atoms with van der Waals surface area (Å²) in [5, 5.41) is 18.7. The minimum atomic E-state index is -2.81. The molecular weight excluding hydrogens is 416 g/mol. The number of imidazole rings is 1. The zero-order valence-corrected chi connectivity index (χ0v) is 18.2. The molecule has 1 saturated carbocycles. The average Bonchev–Trinajstić information content (AvgIpc) is 3.32. The Balaban J connectivity index is 1.59. The van der Waals surface area contributed by atoms with Gasteiger partial charge in [0.1, 0.15) is 11.4 Å². The van der Waals surface area contributed by atoms with Gasteiger partial charge in [-0.3, -0.25) is 0 Å². The lowest BCUT2D eigenvalue weighted by Gasteiger charge is -2.44. The van der Waals surface area contributed by atoms with Crippen molar-refractivity contribution >= 4 is 6.08 Å². The van der Waals surface area contributed by atoms with Crippen molar-refractivity contribution in [2.24, 2.45) is 5.41 Å². The van der Waals surface area contributed by atoms with Crippen LogP contribution in [0, 0.1) is 5.41 Å². The van der Waals surface area contributed by atoms with E-state index in [0.29, 0.717) is 17.7 Å². The van der Waals surface area contributed by atoms with Crippen LogP contribution in [-0.2, 0) is 4.74 Å². The third kappa shape index (κ3) is 4.00. The number of methoxy groups -OCH3 is 1. The fourth-order valence-corrected chi connectivity index (χ4v) is 4.01. The van der Waals surface area contributed by atoms with Gasteiger partial charge >= 0.3 is 0 Å². The summed E-state index contributed by atoms with van der Waals surface area (Å²) in [4.78, 5) is 8.31. The molecule has 1 fully saturated rings. The molecule has 0 radical (unpaired) electrons. The van der Waals surface area contributed by atoms with Gasteiger partial charge in [0.05, 0.1) is 29.9 Å². The Morgan fingerprint density at radius 1 is 1.31 bits per heavy atom. The molecule has 1 aromatic carbocycles. The van der Waals surface area contributed by atoms with Crippen LogP contribution < -0.4 is 0 Å². The van der Waals surface area contributed by atoms with E-state index in [1.54, 1.807) is 55.3 Å². The van der Waals surface area contributed by atoms with Gasteiger partial charge in [-0.2, -0.15) is 0 Å². The average molecular weight is 441 g/mol. The van der Waals surface area contributed by atoms with Crippen molar-refractivity contribution in [2.45, 2.75) is 45.1 Å². The molecule has 2 heterocycles. The van der Waals surface area contributed by atoms with E-state index in [1.165, 1.54) is 13.3 Å². The van der Waals surface area contributed by atoms with Crippen LogP contribution in [0.1, 0.15) is 38.8 Å². The number of aromatic hydroxyl groups is 1. The van der Waals surface area contributed by atoms with E-state index in [-0.39, 0.29) is 24.4 Å². The maximum atomic E-state index is 14.6. The molecule has 1 N–H and O–H groups in total. The van der Waals surface area contributed by atoms with Gasteiger partial charge in [0.25, 0.3) is 5.92 Å². The van der Waals surface area contributed by atoms with Gasteiger partial charge in [-0.15, -0.1) is 10.2 Å². The normalized spacial score (nSPS) is 24.0. The summed E-state index contributed by atoms with van der Waals surface area (Å²) in [5.74, 6) is -2.54. The highest BCUT2D eigenvalue weighted by atomic mass is 19.3. The number of hydrogen-bond donors (Lipinski definition) is 1. The lowest BCUT2D eigenvalue weighted by atomic mass is 9.67. The van der Waals surface area contributed by atoms with Crippen LogP contribution in [-0.4, -0.2) is 49.0 Å². The highest BCUT2D eigenvalue weighted by Crippen LogP contribution is 2.52. The minimum Gasteiger partial charge on any atom is -0.507 e. The fourth-order valence-electron chi connectivity index (χ4n) is 4.01. The molecule has 2 atom stereocenters. The zero-order valence-electron chi connectivity index (χ0n) is 18.2. The van der Waals surface area contributed by atoms with E-state index in [0.717, 1.165) is 11.3 Å². The SMILES string of the molecule is CC[C@]1(C)C/C(=C/c2cnc(-c3ccc(-n4ccnc4)cc3O)nn2)[C@@H](OC)CC1(F)F. The second-order valence-corrected chi connectivity index (χ2v) is 8.32. The first-order valence-corrected chi connectivity index (χ1v) is 10.4. The standard InChI is InChI=1S/C23H25F2N5O2/c1-4-22(2)11-15(20(32-3)12-23(22,24)25)9-16-13-27-21(29-28-16)18-6-5-17(10-19(18)31)30-8-7-26-14-30/h5-10,13-14,20,31H,4,11-12H2,1-3H3/b15-9-/t20-,22+/m0/s1. The Hall–Kier alpha value is -3.20. The zero-order chi connectivity index (χ0) is 22.9. The van der Waals surface area contributed by atoms with Crippen LogP contribution >= 0.6 is 0 Å². The van der Waals surface area contributed by atoms with Crippen molar-refractivity contribution in [3.8, 4) is 22.8 Å². The quantitative estimate of drug-likeness (QED) is 0.619. The molecule has 9 heteroatoms. The maximum absolute atomic E-state index is 14.6. The van der Waals surface area contributed by atoms with E-state index < -0.39 is 17.4 Å². The first-order chi connectivity index (χ1) is 15.3. The molecule has 4 rings (SSSR count). The second kappa shape index (κ2) is 8.38. The topological polar surface area (TPSA) is 86.0 Å². The number of nitrogens with zero attached hydrogens (tertiary/aromatic N) is 5. The Morgan fingerprint density at radius 2 is 2.12 bits per heavy atom. The number of alkyl halides is 2. The van der Waals surface area contributed by atoms with E-state index >= 15 is 0 Å². The number of phenolic OH excluding ortho intramolecular Hbond substituents is 1. The van der Waals surface area contributed by atoms with Crippen LogP contribution in [0.15, 0.2) is 48.7 Å². The maximum Gasteiger partial charge on any atom is 0.256 e. The molecule has 0 amide bonds. The summed E-state index contributed by atoms with van der Waals surface area (Å²) in [5.41, 5.74) is 1.24. The largest absolute Gasteiger partial charge is 0.507 e. The predicted molar refractivity (Wildman–Crippen MR) is 115 cm³/mol. The van der Waals surface area contributed by atoms with Crippen LogP contribution in [0.3, 0.4) is 0 Å². The number of halogens is 2. The van der Waals surface area contributed by atoms with Gasteiger partial charge in [0.2, 0.25) is 0 Å². The summed E-state index contributed by atoms with van der Waals surface area (Å²) >= 11 is 0. The van der Waals surface area contributed by atoms with Gasteiger partial charge in [0.15, 0.2) is 5.82 Å². The number of ether oxygens (including phenoxy) is 1. The monoisotopic (exact) mass is 441 g/mol. The number of rotatable bonds is 5. The van der Waals surface area contributed by atoms with E-state index in [1.807, 2.05) is 6.07 Å². The minimum absolute atomic E-state index is 0.0109. The molecule has 0 bridgehead atoms. The smallest absolute Gasteiger partial charge is 0.256 e. The number of phenols is 1. The Morgan fingerprint density at radius 3 is 2.72 bits per heavy atom. The van der Waals surface area contributed by atoms with Crippen molar-refractivity contribution in [1.29, 1.82) is 0 Å². The van der Waals surface area contributed by atoms with Gasteiger partial charge in [-0.05, 0) is 36.6 Å². The molecule has 7 nitrogen and oxygen atoms in total. The van der Waals surface area contributed by atoms with Gasteiger partial charge in [-0.25, -0.2) is 18.7 Å². The lowest BCUT2D eigenvalue weighted by Crippen LogP contribution is -2.47. The summed E-state index contributed by atoms with van der Waals surface area (Å²) in [7, 11) is 1.44. The van der Waals surface area contributed by atoms with Gasteiger partial charge in [0, 0.05) is 37.4 Å². The molecule has 1 aliphatic carbocycles. The van der Waals surface area contributed by atoms with Crippen molar-refractivity contribution in [3.63, 3.8) is 0 Å². The van der Waals surface area contributed by atoms with Crippen molar-refractivity contribution < 1.29 is 18.6 Å². The van der Waals surface area contributed by atoms with Crippen molar-refractivity contribution in [1.82, 2.24) is 24.7 Å². The van der Waals surface area contributed by atoms with E-state index in [2.05, 4.69) is 20.2 Å². The van der Waals surface area contributed by atoms with Crippen LogP contribution in [0.2, 0.25) is 0 Å². The van der Waals surface area contributed by atoms with E-state index in [4.69, 9.17) is 4.74 Å². The molecule has 1 aliphatic rings. The Labute approximate surface area is 184 Å². The molecule has 2 aromatic heterocycles.